The predicted octanol–water partition coefficient (Wildman–Crippen LogP) is 0.905. The van der Waals surface area contributed by atoms with Crippen molar-refractivity contribution >= 4 is 29.1 Å². The lowest BCUT2D eigenvalue weighted by molar-refractivity contribution is -0.384. The number of Topliss-reactive ketones (excluding diaryl/α,β-unsaturated/α-hetero) is 1. The molecular formula is C19H12FN2O7-. The van der Waals surface area contributed by atoms with Crippen LogP contribution in [-0.4, -0.2) is 39.1 Å². The summed E-state index contributed by atoms with van der Waals surface area (Å²) < 4.78 is 13.3. The summed E-state index contributed by atoms with van der Waals surface area (Å²) in [6.45, 7) is -0.927. The van der Waals surface area contributed by atoms with Gasteiger partial charge in [0.05, 0.1) is 29.1 Å². The Balaban J connectivity index is 2.16. The molecule has 2 aromatic rings. The number of ketones is 1. The molecule has 1 heterocycles. The van der Waals surface area contributed by atoms with Crippen LogP contribution in [0.3, 0.4) is 0 Å². The summed E-state index contributed by atoms with van der Waals surface area (Å²) in [4.78, 5) is 46.8. The maximum atomic E-state index is 13.3. The first-order valence-corrected chi connectivity index (χ1v) is 8.19. The number of carbonyl (C=O) groups is 3. The zero-order valence-electron chi connectivity index (χ0n) is 14.6. The molecule has 0 unspecified atom stereocenters. The highest BCUT2D eigenvalue weighted by molar-refractivity contribution is 6.46. The molecule has 9 nitrogen and oxygen atoms in total. The highest BCUT2D eigenvalue weighted by atomic mass is 19.1. The molecule has 0 radical (unpaired) electrons. The smallest absolute Gasteiger partial charge is 0.295 e. The van der Waals surface area contributed by atoms with Gasteiger partial charge in [0.2, 0.25) is 0 Å². The van der Waals surface area contributed by atoms with Crippen molar-refractivity contribution in [1.82, 2.24) is 4.90 Å². The summed E-state index contributed by atoms with van der Waals surface area (Å²) in [5, 5.41) is 32.5. The maximum Gasteiger partial charge on any atom is 0.295 e. The number of aliphatic carboxylic acids is 1. The molecule has 0 saturated carbocycles. The monoisotopic (exact) mass is 399 g/mol. The molecule has 10 heteroatoms. The quantitative estimate of drug-likeness (QED) is 0.259. The number of nitro groups is 1. The number of likely N-dealkylation sites (tertiary alicyclic amines) is 1. The lowest BCUT2D eigenvalue weighted by atomic mass is 9.95. The molecule has 0 bridgehead atoms. The van der Waals surface area contributed by atoms with Crippen molar-refractivity contribution in [3.63, 3.8) is 0 Å². The van der Waals surface area contributed by atoms with E-state index in [9.17, 15) is 39.1 Å². The molecule has 1 aliphatic heterocycles. The lowest BCUT2D eigenvalue weighted by Gasteiger charge is -2.25. The van der Waals surface area contributed by atoms with Crippen molar-refractivity contribution in [2.45, 2.75) is 6.04 Å². The molecule has 148 valence electrons. The molecule has 1 fully saturated rings. The number of non-ortho nitro benzene ring substituents is 1. The third kappa shape index (κ3) is 3.68. The van der Waals surface area contributed by atoms with E-state index < -0.39 is 52.3 Å². The Morgan fingerprint density at radius 1 is 1.10 bits per heavy atom. The number of halogens is 1. The largest absolute Gasteiger partial charge is 0.548 e. The van der Waals surface area contributed by atoms with E-state index >= 15 is 0 Å². The van der Waals surface area contributed by atoms with Crippen LogP contribution in [0.1, 0.15) is 17.2 Å². The summed E-state index contributed by atoms with van der Waals surface area (Å²) in [7, 11) is 0. The van der Waals surface area contributed by atoms with Gasteiger partial charge in [0.25, 0.3) is 17.4 Å². The number of nitrogens with zero attached hydrogens (tertiary/aromatic N) is 2. The van der Waals surface area contributed by atoms with Gasteiger partial charge in [-0.25, -0.2) is 4.39 Å². The molecule has 2 aromatic carbocycles. The topological polar surface area (TPSA) is 141 Å². The Morgan fingerprint density at radius 3 is 2.21 bits per heavy atom. The zero-order valence-corrected chi connectivity index (χ0v) is 14.6. The van der Waals surface area contributed by atoms with E-state index in [-0.39, 0.29) is 16.8 Å². The number of carboxylic acids is 1. The molecule has 1 aliphatic rings. The Labute approximate surface area is 162 Å². The highest BCUT2D eigenvalue weighted by Gasteiger charge is 2.46. The van der Waals surface area contributed by atoms with Gasteiger partial charge in [0, 0.05) is 17.7 Å². The van der Waals surface area contributed by atoms with Crippen molar-refractivity contribution in [2.24, 2.45) is 0 Å². The fraction of sp³-hybridized carbons (Fsp3) is 0.105. The van der Waals surface area contributed by atoms with Gasteiger partial charge in [-0.05, 0) is 29.8 Å². The molecule has 1 N–H and O–H groups in total. The third-order valence-corrected chi connectivity index (χ3v) is 4.38. The van der Waals surface area contributed by atoms with Gasteiger partial charge in [0.15, 0.2) is 0 Å². The second kappa shape index (κ2) is 7.50. The van der Waals surface area contributed by atoms with Gasteiger partial charge in [-0.1, -0.05) is 12.1 Å². The third-order valence-electron chi connectivity index (χ3n) is 4.38. The van der Waals surface area contributed by atoms with E-state index in [1.54, 1.807) is 0 Å². The summed E-state index contributed by atoms with van der Waals surface area (Å²) in [6.07, 6.45) is 0. The molecule has 1 atom stereocenters. The summed E-state index contributed by atoms with van der Waals surface area (Å²) in [5.41, 5.74) is -0.477. The van der Waals surface area contributed by atoms with Crippen LogP contribution in [-0.2, 0) is 14.4 Å². The van der Waals surface area contributed by atoms with Crippen LogP contribution in [0.25, 0.3) is 5.76 Å². The highest BCUT2D eigenvalue weighted by Crippen LogP contribution is 2.39. The molecule has 1 amide bonds. The molecule has 1 saturated heterocycles. The first kappa shape index (κ1) is 19.7. The first-order chi connectivity index (χ1) is 13.7. The van der Waals surface area contributed by atoms with Crippen LogP contribution in [0.4, 0.5) is 10.1 Å². The van der Waals surface area contributed by atoms with Crippen LogP contribution < -0.4 is 5.11 Å². The number of aliphatic hydroxyl groups excluding tert-OH is 1. The second-order valence-electron chi connectivity index (χ2n) is 6.15. The molecule has 3 rings (SSSR count). The number of carbonyl (C=O) groups excluding carboxylic acids is 3. The first-order valence-electron chi connectivity index (χ1n) is 8.19. The Kier molecular flexibility index (Phi) is 5.09. The second-order valence-corrected chi connectivity index (χ2v) is 6.15. The molecule has 29 heavy (non-hydrogen) atoms. The van der Waals surface area contributed by atoms with E-state index in [0.717, 1.165) is 24.3 Å². The van der Waals surface area contributed by atoms with Crippen LogP contribution in [0.5, 0.6) is 0 Å². The zero-order chi connectivity index (χ0) is 21.3. The normalized spacial score (nSPS) is 18.1. The van der Waals surface area contributed by atoms with Crippen molar-refractivity contribution in [3.8, 4) is 0 Å². The number of aliphatic hydroxyl groups is 1. The lowest BCUT2D eigenvalue weighted by Crippen LogP contribution is -2.40. The average molecular weight is 399 g/mol. The Bertz CT molecular complexity index is 1050. The van der Waals surface area contributed by atoms with E-state index in [1.807, 2.05) is 0 Å². The minimum absolute atomic E-state index is 0.00848. The molecule has 0 aliphatic carbocycles. The standard InChI is InChI=1S/C19H13FN2O7/c20-12-5-1-10(2-6-12)16-15(18(26)19(27)21(16)9-14(23)24)17(25)11-3-7-13(8-4-11)22(28)29/h1-8,16,25H,9H2,(H,23,24)/p-1/t16-/m1/s1. The van der Waals surface area contributed by atoms with E-state index in [0.29, 0.717) is 4.90 Å². The minimum Gasteiger partial charge on any atom is -0.548 e. The van der Waals surface area contributed by atoms with Gasteiger partial charge in [-0.15, -0.1) is 0 Å². The summed E-state index contributed by atoms with van der Waals surface area (Å²) in [6, 6.07) is 7.86. The van der Waals surface area contributed by atoms with Gasteiger partial charge in [0.1, 0.15) is 11.6 Å². The maximum absolute atomic E-state index is 13.3. The molecule has 0 spiro atoms. The average Bonchev–Trinajstić information content (AvgIpc) is 2.92. The van der Waals surface area contributed by atoms with Gasteiger partial charge in [-0.2, -0.15) is 0 Å². The Hall–Kier alpha value is -4.08. The van der Waals surface area contributed by atoms with Crippen molar-refractivity contribution < 1.29 is 33.9 Å². The number of amides is 1. The van der Waals surface area contributed by atoms with E-state index in [1.165, 1.54) is 24.3 Å². The van der Waals surface area contributed by atoms with E-state index in [2.05, 4.69) is 0 Å². The van der Waals surface area contributed by atoms with Crippen molar-refractivity contribution in [3.05, 3.63) is 81.2 Å². The van der Waals surface area contributed by atoms with Crippen LogP contribution in [0.15, 0.2) is 54.1 Å². The SMILES string of the molecule is O=C([O-])CN1C(=O)C(=O)C(=C(O)c2ccc([N+](=O)[O-])cc2)[C@H]1c1ccc(F)cc1. The summed E-state index contributed by atoms with van der Waals surface area (Å²) >= 11 is 0. The van der Waals surface area contributed by atoms with Crippen molar-refractivity contribution in [1.29, 1.82) is 0 Å². The fourth-order valence-corrected chi connectivity index (χ4v) is 3.07. The van der Waals surface area contributed by atoms with Crippen LogP contribution in [0, 0.1) is 15.9 Å². The Morgan fingerprint density at radius 2 is 1.69 bits per heavy atom. The predicted molar refractivity (Wildman–Crippen MR) is 93.5 cm³/mol. The van der Waals surface area contributed by atoms with Gasteiger partial charge >= 0.3 is 0 Å². The van der Waals surface area contributed by atoms with Crippen LogP contribution >= 0.6 is 0 Å². The fourth-order valence-electron chi connectivity index (χ4n) is 3.07. The van der Waals surface area contributed by atoms with Crippen LogP contribution in [0.2, 0.25) is 0 Å². The summed E-state index contributed by atoms with van der Waals surface area (Å²) in [5.74, 6) is -5.19. The molecule has 0 aromatic heterocycles. The van der Waals surface area contributed by atoms with Crippen molar-refractivity contribution in [2.75, 3.05) is 6.54 Å². The number of hydrogen-bond acceptors (Lipinski definition) is 7. The van der Waals surface area contributed by atoms with Gasteiger partial charge in [-0.3, -0.25) is 19.7 Å². The number of benzene rings is 2. The number of carboxylic acid groups (broad SMARTS) is 1. The number of nitro benzene ring substituents is 1. The minimum atomic E-state index is -1.63. The molecular weight excluding hydrogens is 387 g/mol. The van der Waals surface area contributed by atoms with Gasteiger partial charge < -0.3 is 19.9 Å². The number of hydrogen-bond donors (Lipinski definition) is 1. The number of rotatable bonds is 5. The van der Waals surface area contributed by atoms with E-state index in [4.69, 9.17) is 0 Å².